The van der Waals surface area contributed by atoms with E-state index in [-0.39, 0.29) is 11.9 Å². The molecule has 0 fully saturated rings. The first kappa shape index (κ1) is 25.8. The van der Waals surface area contributed by atoms with Gasteiger partial charge in [-0.2, -0.15) is 0 Å². The predicted octanol–water partition coefficient (Wildman–Crippen LogP) is 5.21. The highest BCUT2D eigenvalue weighted by Crippen LogP contribution is 2.30. The fourth-order valence-corrected chi connectivity index (χ4v) is 4.31. The number of ether oxygens (including phenoxy) is 1. The molecule has 37 heavy (non-hydrogen) atoms. The van der Waals surface area contributed by atoms with Crippen molar-refractivity contribution in [2.45, 2.75) is 39.8 Å². The average Bonchev–Trinajstić information content (AvgIpc) is 2.88. The molecule has 1 heterocycles. The highest BCUT2D eigenvalue weighted by atomic mass is 16.5. The average molecular weight is 501 g/mol. The zero-order chi connectivity index (χ0) is 26.4. The molecule has 0 spiro atoms. The SMILES string of the molecule is CCOC(=O)c1ccc(NC(=O)Nc2ccc(N3CCc4ccccc4C3)c(C(=O)NC(C)C)c2)cc1. The molecule has 0 aliphatic carbocycles. The molecular formula is C29H32N4O4. The minimum absolute atomic E-state index is 0.0278. The van der Waals surface area contributed by atoms with Crippen LogP contribution >= 0.6 is 0 Å². The molecule has 0 atom stereocenters. The number of urea groups is 1. The van der Waals surface area contributed by atoms with Gasteiger partial charge in [-0.05, 0) is 80.8 Å². The molecule has 3 N–H and O–H groups in total. The number of nitrogens with zero attached hydrogens (tertiary/aromatic N) is 1. The third-order valence-electron chi connectivity index (χ3n) is 6.04. The second kappa shape index (κ2) is 11.6. The van der Waals surface area contributed by atoms with Gasteiger partial charge in [0.1, 0.15) is 0 Å². The van der Waals surface area contributed by atoms with E-state index in [0.717, 1.165) is 18.7 Å². The lowest BCUT2D eigenvalue weighted by atomic mass is 9.98. The maximum absolute atomic E-state index is 13.1. The molecule has 0 saturated heterocycles. The molecule has 0 unspecified atom stereocenters. The van der Waals surface area contributed by atoms with E-state index < -0.39 is 12.0 Å². The van der Waals surface area contributed by atoms with Crippen molar-refractivity contribution < 1.29 is 19.1 Å². The Kier molecular flexibility index (Phi) is 8.08. The Morgan fingerprint density at radius 1 is 0.919 bits per heavy atom. The van der Waals surface area contributed by atoms with Crippen molar-refractivity contribution >= 4 is 35.0 Å². The van der Waals surface area contributed by atoms with Crippen LogP contribution in [-0.4, -0.2) is 37.1 Å². The second-order valence-electron chi connectivity index (χ2n) is 9.18. The monoisotopic (exact) mass is 500 g/mol. The largest absolute Gasteiger partial charge is 0.462 e. The van der Waals surface area contributed by atoms with Crippen molar-refractivity contribution in [3.05, 3.63) is 89.0 Å². The van der Waals surface area contributed by atoms with Crippen LogP contribution in [0.5, 0.6) is 0 Å². The van der Waals surface area contributed by atoms with Gasteiger partial charge >= 0.3 is 12.0 Å². The van der Waals surface area contributed by atoms with Crippen LogP contribution in [0.25, 0.3) is 0 Å². The van der Waals surface area contributed by atoms with Gasteiger partial charge in [0.15, 0.2) is 0 Å². The van der Waals surface area contributed by atoms with Crippen LogP contribution in [0, 0.1) is 0 Å². The number of anilines is 3. The first-order chi connectivity index (χ1) is 17.8. The van der Waals surface area contributed by atoms with Crippen molar-refractivity contribution in [2.75, 3.05) is 28.7 Å². The summed E-state index contributed by atoms with van der Waals surface area (Å²) in [6.45, 7) is 7.38. The molecule has 0 aromatic heterocycles. The molecule has 0 radical (unpaired) electrons. The number of hydrogen-bond acceptors (Lipinski definition) is 5. The molecule has 1 aliphatic heterocycles. The Morgan fingerprint density at radius 3 is 2.30 bits per heavy atom. The summed E-state index contributed by atoms with van der Waals surface area (Å²) in [6, 6.07) is 19.7. The molecule has 8 heteroatoms. The quantitative estimate of drug-likeness (QED) is 0.387. The van der Waals surface area contributed by atoms with Crippen LogP contribution in [0.1, 0.15) is 52.6 Å². The Balaban J connectivity index is 1.50. The van der Waals surface area contributed by atoms with E-state index in [1.54, 1.807) is 43.3 Å². The number of amides is 3. The number of esters is 1. The van der Waals surface area contributed by atoms with Crippen molar-refractivity contribution in [1.82, 2.24) is 5.32 Å². The van der Waals surface area contributed by atoms with Gasteiger partial charge in [0.05, 0.1) is 17.7 Å². The summed E-state index contributed by atoms with van der Waals surface area (Å²) < 4.78 is 4.98. The third-order valence-corrected chi connectivity index (χ3v) is 6.04. The summed E-state index contributed by atoms with van der Waals surface area (Å²) in [6.07, 6.45) is 0.902. The summed E-state index contributed by atoms with van der Waals surface area (Å²) in [5, 5.41) is 8.52. The second-order valence-corrected chi connectivity index (χ2v) is 9.18. The van der Waals surface area contributed by atoms with Crippen molar-refractivity contribution in [2.24, 2.45) is 0 Å². The van der Waals surface area contributed by atoms with E-state index in [4.69, 9.17) is 4.74 Å². The zero-order valence-corrected chi connectivity index (χ0v) is 21.3. The van der Waals surface area contributed by atoms with Gasteiger partial charge in [0.25, 0.3) is 5.91 Å². The summed E-state index contributed by atoms with van der Waals surface area (Å²) in [5.74, 6) is -0.606. The molecule has 3 aromatic rings. The lowest BCUT2D eigenvalue weighted by Crippen LogP contribution is -2.35. The number of benzene rings is 3. The molecule has 4 rings (SSSR count). The zero-order valence-electron chi connectivity index (χ0n) is 21.3. The Labute approximate surface area is 217 Å². The van der Waals surface area contributed by atoms with Crippen LogP contribution in [-0.2, 0) is 17.7 Å². The summed E-state index contributed by atoms with van der Waals surface area (Å²) in [4.78, 5) is 39.8. The normalized spacial score (nSPS) is 12.5. The lowest BCUT2D eigenvalue weighted by Gasteiger charge is -2.32. The Morgan fingerprint density at radius 2 is 1.59 bits per heavy atom. The molecule has 8 nitrogen and oxygen atoms in total. The maximum Gasteiger partial charge on any atom is 0.338 e. The van der Waals surface area contributed by atoms with Gasteiger partial charge < -0.3 is 25.6 Å². The molecule has 3 amide bonds. The third kappa shape index (κ3) is 6.46. The fraction of sp³-hybridized carbons (Fsp3) is 0.276. The standard InChI is InChI=1S/C29H32N4O4/c1-4-37-28(35)21-9-11-23(12-10-21)31-29(36)32-24-13-14-26(25(17-24)27(34)30-19(2)3)33-16-15-20-7-5-6-8-22(20)18-33/h5-14,17,19H,4,15-16,18H2,1-3H3,(H,30,34)(H2,31,32,36). The van der Waals surface area contributed by atoms with Crippen LogP contribution in [0.15, 0.2) is 66.7 Å². The number of hydrogen-bond donors (Lipinski definition) is 3. The molecule has 3 aromatic carbocycles. The lowest BCUT2D eigenvalue weighted by molar-refractivity contribution is 0.0526. The van der Waals surface area contributed by atoms with Crippen LogP contribution in [0.4, 0.5) is 21.9 Å². The minimum atomic E-state index is -0.459. The van der Waals surface area contributed by atoms with Crippen LogP contribution < -0.4 is 20.9 Å². The molecular weight excluding hydrogens is 468 g/mol. The summed E-state index contributed by atoms with van der Waals surface area (Å²) in [5.41, 5.74) is 5.33. The minimum Gasteiger partial charge on any atom is -0.462 e. The van der Waals surface area contributed by atoms with Crippen molar-refractivity contribution in [3.63, 3.8) is 0 Å². The first-order valence-electron chi connectivity index (χ1n) is 12.5. The fourth-order valence-electron chi connectivity index (χ4n) is 4.31. The van der Waals surface area contributed by atoms with Crippen molar-refractivity contribution in [1.29, 1.82) is 0 Å². The first-order valence-corrected chi connectivity index (χ1v) is 12.5. The number of fused-ring (bicyclic) bond motifs is 1. The Hall–Kier alpha value is -4.33. The van der Waals surface area contributed by atoms with Gasteiger partial charge in [-0.1, -0.05) is 24.3 Å². The summed E-state index contributed by atoms with van der Waals surface area (Å²) >= 11 is 0. The Bertz CT molecular complexity index is 1290. The van der Waals surface area contributed by atoms with Gasteiger partial charge in [0, 0.05) is 36.2 Å². The van der Waals surface area contributed by atoms with E-state index in [9.17, 15) is 14.4 Å². The van der Waals surface area contributed by atoms with Gasteiger partial charge in [-0.25, -0.2) is 9.59 Å². The van der Waals surface area contributed by atoms with Gasteiger partial charge in [-0.3, -0.25) is 4.79 Å². The predicted molar refractivity (Wildman–Crippen MR) is 145 cm³/mol. The van der Waals surface area contributed by atoms with Crippen LogP contribution in [0.3, 0.4) is 0 Å². The van der Waals surface area contributed by atoms with Crippen LogP contribution in [0.2, 0.25) is 0 Å². The highest BCUT2D eigenvalue weighted by Gasteiger charge is 2.22. The molecule has 1 aliphatic rings. The molecule has 0 saturated carbocycles. The van der Waals surface area contributed by atoms with Gasteiger partial charge in [0.2, 0.25) is 0 Å². The van der Waals surface area contributed by atoms with E-state index in [2.05, 4.69) is 39.0 Å². The molecule has 0 bridgehead atoms. The summed E-state index contributed by atoms with van der Waals surface area (Å²) in [7, 11) is 0. The number of nitrogens with one attached hydrogen (secondary N) is 3. The van der Waals surface area contributed by atoms with Crippen molar-refractivity contribution in [3.8, 4) is 0 Å². The number of carbonyl (C=O) groups excluding carboxylic acids is 3. The smallest absolute Gasteiger partial charge is 0.338 e. The number of rotatable bonds is 7. The topological polar surface area (TPSA) is 99.8 Å². The number of carbonyl (C=O) groups is 3. The molecule has 192 valence electrons. The van der Waals surface area contributed by atoms with Gasteiger partial charge in [-0.15, -0.1) is 0 Å². The highest BCUT2D eigenvalue weighted by molar-refractivity contribution is 6.04. The van der Waals surface area contributed by atoms with E-state index in [0.29, 0.717) is 35.7 Å². The van der Waals surface area contributed by atoms with E-state index >= 15 is 0 Å². The van der Waals surface area contributed by atoms with E-state index in [1.807, 2.05) is 26.0 Å². The maximum atomic E-state index is 13.1. The van der Waals surface area contributed by atoms with E-state index in [1.165, 1.54) is 11.1 Å².